The number of allylic oxidation sites excluding steroid dienone is 1. The van der Waals surface area contributed by atoms with E-state index in [9.17, 15) is 19.3 Å². The Balaban J connectivity index is 5.11. The van der Waals surface area contributed by atoms with Crippen molar-refractivity contribution in [2.24, 2.45) is 0 Å². The normalized spacial score (nSPS) is 14.6. The van der Waals surface area contributed by atoms with E-state index in [2.05, 4.69) is 17.7 Å². The van der Waals surface area contributed by atoms with Crippen LogP contribution in [0.4, 0.5) is 0 Å². The Hall–Kier alpha value is -1.11. The van der Waals surface area contributed by atoms with Crippen molar-refractivity contribution < 1.29 is 33.6 Å². The minimum Gasteiger partial charge on any atom is -0.382 e. The lowest BCUT2D eigenvalue weighted by atomic mass is 9.99. The van der Waals surface area contributed by atoms with Gasteiger partial charge in [-0.25, -0.2) is 4.57 Å². The topological polar surface area (TPSA) is 121 Å². The highest BCUT2D eigenvalue weighted by Crippen LogP contribution is 2.39. The highest BCUT2D eigenvalue weighted by Gasteiger charge is 2.34. The van der Waals surface area contributed by atoms with Crippen LogP contribution in [0.15, 0.2) is 24.3 Å². The number of phosphoric acid groups is 1. The van der Waals surface area contributed by atoms with Crippen LogP contribution in [0.1, 0.15) is 20.3 Å². The molecule has 2 atom stereocenters. The fraction of sp³-hybridized carbons (Fsp3) is 0.455. The summed E-state index contributed by atoms with van der Waals surface area (Å²) >= 11 is 0. The maximum absolute atomic E-state index is 11.5. The maximum Gasteiger partial charge on any atom is 0.469 e. The van der Waals surface area contributed by atoms with Crippen LogP contribution in [-0.2, 0) is 18.7 Å². The molecule has 19 heavy (non-hydrogen) atoms. The van der Waals surface area contributed by atoms with Crippen LogP contribution in [0.2, 0.25) is 0 Å². The summed E-state index contributed by atoms with van der Waals surface area (Å²) in [6, 6.07) is 0. The molecule has 0 radical (unpaired) electrons. The van der Waals surface area contributed by atoms with Gasteiger partial charge in [0.1, 0.15) is 12.2 Å². The lowest BCUT2D eigenvalue weighted by Gasteiger charge is -2.22. The van der Waals surface area contributed by atoms with Crippen LogP contribution in [0.25, 0.3) is 0 Å². The first-order valence-corrected chi connectivity index (χ1v) is 6.79. The first-order chi connectivity index (χ1) is 8.45. The molecule has 0 amide bonds. The second-order valence-electron chi connectivity index (χ2n) is 4.13. The van der Waals surface area contributed by atoms with Gasteiger partial charge < -0.3 is 14.9 Å². The van der Waals surface area contributed by atoms with Crippen molar-refractivity contribution in [1.82, 2.24) is 0 Å². The Morgan fingerprint density at radius 2 is 1.68 bits per heavy atom. The van der Waals surface area contributed by atoms with Crippen LogP contribution in [0, 0.1) is 0 Å². The number of rotatable bonds is 8. The lowest BCUT2D eigenvalue weighted by Crippen LogP contribution is -2.37. The summed E-state index contributed by atoms with van der Waals surface area (Å²) in [6.45, 7) is 9.38. The average Bonchev–Trinajstić information content (AvgIpc) is 2.23. The van der Waals surface area contributed by atoms with E-state index in [1.54, 1.807) is 0 Å². The molecule has 0 aromatic carbocycles. The smallest absolute Gasteiger partial charge is 0.382 e. The van der Waals surface area contributed by atoms with E-state index in [1.165, 1.54) is 13.8 Å². The Morgan fingerprint density at radius 3 is 2.00 bits per heavy atom. The average molecular weight is 292 g/mol. The summed E-state index contributed by atoms with van der Waals surface area (Å²) in [5.74, 6) is -1.43. The fourth-order valence-electron chi connectivity index (χ4n) is 1.16. The zero-order valence-electron chi connectivity index (χ0n) is 10.7. The van der Waals surface area contributed by atoms with Crippen LogP contribution < -0.4 is 0 Å². The van der Waals surface area contributed by atoms with Crippen LogP contribution in [0.3, 0.4) is 0 Å². The van der Waals surface area contributed by atoms with E-state index in [0.29, 0.717) is 0 Å². The van der Waals surface area contributed by atoms with Gasteiger partial charge in [0.05, 0.1) is 0 Å². The molecule has 0 fully saturated rings. The van der Waals surface area contributed by atoms with Crippen molar-refractivity contribution in [3.8, 4) is 0 Å². The SMILES string of the molecule is C=C(C)C(=O)CC(OP(=O)(O)O)C(O)C(=O)C(=C)C. The molecule has 108 valence electrons. The minimum atomic E-state index is -4.96. The Labute approximate surface area is 110 Å². The molecule has 0 heterocycles. The van der Waals surface area contributed by atoms with Crippen molar-refractivity contribution in [3.63, 3.8) is 0 Å². The molecule has 7 nitrogen and oxygen atoms in total. The van der Waals surface area contributed by atoms with Crippen molar-refractivity contribution in [2.45, 2.75) is 32.5 Å². The summed E-state index contributed by atoms with van der Waals surface area (Å²) in [5, 5.41) is 9.68. The van der Waals surface area contributed by atoms with Gasteiger partial charge in [0.2, 0.25) is 0 Å². The third-order valence-corrected chi connectivity index (χ3v) is 2.72. The van der Waals surface area contributed by atoms with E-state index < -0.39 is 38.0 Å². The molecule has 0 saturated carbocycles. The van der Waals surface area contributed by atoms with E-state index in [0.717, 1.165) is 0 Å². The molecule has 2 unspecified atom stereocenters. The second-order valence-corrected chi connectivity index (χ2v) is 5.32. The summed E-state index contributed by atoms with van der Waals surface area (Å²) in [5.41, 5.74) is 0.101. The molecule has 0 aromatic heterocycles. The standard InChI is InChI=1S/C11H17O7P/c1-6(2)8(12)5-9(18-19(15,16)17)11(14)10(13)7(3)4/h9,11,14H,1,3,5H2,2,4H3,(H2,15,16,17). The van der Waals surface area contributed by atoms with E-state index in [1.807, 2.05) is 0 Å². The molecule has 0 aromatic rings. The molecule has 0 aliphatic heterocycles. The quantitative estimate of drug-likeness (QED) is 0.440. The monoisotopic (exact) mass is 292 g/mol. The van der Waals surface area contributed by atoms with Gasteiger partial charge in [-0.15, -0.1) is 0 Å². The highest BCUT2D eigenvalue weighted by atomic mass is 31.2. The number of hydrogen-bond acceptors (Lipinski definition) is 5. The van der Waals surface area contributed by atoms with Gasteiger partial charge in [-0.3, -0.25) is 14.1 Å². The summed E-state index contributed by atoms with van der Waals surface area (Å²) in [4.78, 5) is 40.4. The van der Waals surface area contributed by atoms with Crippen molar-refractivity contribution in [1.29, 1.82) is 0 Å². The molecular weight excluding hydrogens is 275 g/mol. The second kappa shape index (κ2) is 6.88. The van der Waals surface area contributed by atoms with Gasteiger partial charge in [0, 0.05) is 6.42 Å². The molecule has 0 aliphatic carbocycles. The first-order valence-electron chi connectivity index (χ1n) is 5.26. The van der Waals surface area contributed by atoms with Gasteiger partial charge >= 0.3 is 7.82 Å². The third kappa shape index (κ3) is 6.56. The largest absolute Gasteiger partial charge is 0.469 e. The summed E-state index contributed by atoms with van der Waals surface area (Å²) < 4.78 is 15.1. The zero-order valence-corrected chi connectivity index (χ0v) is 11.6. The molecule has 3 N–H and O–H groups in total. The Bertz CT molecular complexity index is 448. The Kier molecular flexibility index (Phi) is 6.48. The van der Waals surface area contributed by atoms with Crippen LogP contribution >= 0.6 is 7.82 Å². The van der Waals surface area contributed by atoms with E-state index >= 15 is 0 Å². The van der Waals surface area contributed by atoms with Crippen LogP contribution in [-0.4, -0.2) is 38.7 Å². The number of phosphoric ester groups is 1. The molecule has 8 heteroatoms. The first kappa shape index (κ1) is 17.9. The summed E-state index contributed by atoms with van der Waals surface area (Å²) in [6.07, 6.45) is -4.11. The van der Waals surface area contributed by atoms with E-state index in [-0.39, 0.29) is 11.1 Å². The van der Waals surface area contributed by atoms with Gasteiger partial charge in [0.15, 0.2) is 11.6 Å². The number of aliphatic hydroxyl groups excluding tert-OH is 1. The predicted octanol–water partition coefficient (Wildman–Crippen LogP) is 0.506. The van der Waals surface area contributed by atoms with Crippen LogP contribution in [0.5, 0.6) is 0 Å². The Morgan fingerprint density at radius 1 is 1.21 bits per heavy atom. The molecule has 0 aliphatic rings. The third-order valence-electron chi connectivity index (χ3n) is 2.18. The van der Waals surface area contributed by atoms with Crippen molar-refractivity contribution in [2.75, 3.05) is 0 Å². The van der Waals surface area contributed by atoms with Crippen molar-refractivity contribution in [3.05, 3.63) is 24.3 Å². The molecule has 0 bridgehead atoms. The zero-order chi connectivity index (χ0) is 15.4. The van der Waals surface area contributed by atoms with Gasteiger partial charge in [-0.05, 0) is 25.0 Å². The predicted molar refractivity (Wildman–Crippen MR) is 67.2 cm³/mol. The van der Waals surface area contributed by atoms with Gasteiger partial charge in [-0.2, -0.15) is 0 Å². The minimum absolute atomic E-state index is 0.0189. The van der Waals surface area contributed by atoms with Gasteiger partial charge in [-0.1, -0.05) is 13.2 Å². The highest BCUT2D eigenvalue weighted by molar-refractivity contribution is 7.46. The number of hydrogen-bond donors (Lipinski definition) is 3. The van der Waals surface area contributed by atoms with Gasteiger partial charge in [0.25, 0.3) is 0 Å². The maximum atomic E-state index is 11.5. The summed E-state index contributed by atoms with van der Waals surface area (Å²) in [7, 11) is -4.96. The number of Topliss-reactive ketones (excluding diaryl/α,β-unsaturated/α-hetero) is 2. The number of carbonyl (C=O) groups excluding carboxylic acids is 2. The molecule has 0 saturated heterocycles. The van der Waals surface area contributed by atoms with E-state index in [4.69, 9.17) is 9.79 Å². The number of ketones is 2. The molecular formula is C11H17O7P. The fourth-order valence-corrected chi connectivity index (χ4v) is 1.70. The van der Waals surface area contributed by atoms with Crippen molar-refractivity contribution >= 4 is 19.4 Å². The number of aliphatic hydroxyl groups is 1. The molecule has 0 rings (SSSR count). The lowest BCUT2D eigenvalue weighted by molar-refractivity contribution is -0.130. The number of carbonyl (C=O) groups is 2. The molecule has 0 spiro atoms.